The number of alkyl halides is 6. The minimum atomic E-state index is -6.60. The number of hydrogen-bond acceptors (Lipinski definition) is 5. The van der Waals surface area contributed by atoms with E-state index in [1.54, 1.807) is 0 Å². The second-order valence-corrected chi connectivity index (χ2v) is 7.42. The number of rotatable bonds is 4. The molecule has 7 nitrogen and oxygen atoms in total. The lowest BCUT2D eigenvalue weighted by Gasteiger charge is -2.11. The summed E-state index contributed by atoms with van der Waals surface area (Å²) in [4.78, 5) is 0. The third-order valence-electron chi connectivity index (χ3n) is 1.96. The van der Waals surface area contributed by atoms with E-state index in [2.05, 4.69) is 0 Å². The largest absolute Gasteiger partial charge is 0.512 e. The summed E-state index contributed by atoms with van der Waals surface area (Å²) >= 11 is 0. The fourth-order valence-electron chi connectivity index (χ4n) is 0.938. The Labute approximate surface area is 132 Å². The molecule has 24 heavy (non-hydrogen) atoms. The molecule has 0 spiro atoms. The van der Waals surface area contributed by atoms with Gasteiger partial charge in [-0.05, 0) is 0 Å². The first-order valence-corrected chi connectivity index (χ1v) is 8.57. The van der Waals surface area contributed by atoms with Gasteiger partial charge in [-0.1, -0.05) is 10.2 Å². The summed E-state index contributed by atoms with van der Waals surface area (Å²) in [6.45, 7) is 0.884. The Hall–Kier alpha value is -1.45. The van der Waals surface area contributed by atoms with Crippen molar-refractivity contribution in [1.29, 1.82) is 0 Å². The Morgan fingerprint density at radius 2 is 1.21 bits per heavy atom. The molecular weight excluding hydrogens is 394 g/mol. The molecule has 1 rings (SSSR count). The summed E-state index contributed by atoms with van der Waals surface area (Å²) in [5.41, 5.74) is -12.3. The summed E-state index contributed by atoms with van der Waals surface area (Å²) in [5, 5.41) is 8.50. The van der Waals surface area contributed by atoms with E-state index in [-0.39, 0.29) is 6.61 Å². The van der Waals surface area contributed by atoms with Crippen LogP contribution in [0.1, 0.15) is 0 Å². The molecule has 0 aromatic carbocycles. The predicted octanol–water partition coefficient (Wildman–Crippen LogP) is 0.242. The molecule has 0 saturated carbocycles. The molecule has 15 heteroatoms. The van der Waals surface area contributed by atoms with Crippen LogP contribution in [0, 0.1) is 0 Å². The zero-order chi connectivity index (χ0) is 19.2. The van der Waals surface area contributed by atoms with E-state index in [9.17, 15) is 43.2 Å². The average molecular weight is 405 g/mol. The van der Waals surface area contributed by atoms with Crippen LogP contribution in [0.15, 0.2) is 30.6 Å². The number of nitrogens with one attached hydrogen (secondary N) is 1. The molecule has 0 aliphatic heterocycles. The topological polar surface area (TPSA) is 104 Å². The maximum Gasteiger partial charge on any atom is 0.512 e. The maximum absolute atomic E-state index is 11.5. The highest BCUT2D eigenvalue weighted by molar-refractivity contribution is 8.05. The van der Waals surface area contributed by atoms with Crippen LogP contribution in [0.25, 0.3) is 0 Å². The summed E-state index contributed by atoms with van der Waals surface area (Å²) in [6.07, 6.45) is 3.85. The second-order valence-electron chi connectivity index (χ2n) is 3.82. The number of aliphatic hydroxyl groups is 1. The number of aliphatic hydroxyl groups excluding tert-OH is 1. The first kappa shape index (κ1) is 22.6. The number of aromatic nitrogens is 1. The average Bonchev–Trinajstić information content (AvgIpc) is 2.37. The summed E-state index contributed by atoms with van der Waals surface area (Å²) < 4.78 is 110. The van der Waals surface area contributed by atoms with E-state index in [1.165, 1.54) is 0 Å². The van der Waals surface area contributed by atoms with Gasteiger partial charge in [0.2, 0.25) is 0 Å². The molecule has 0 amide bonds. The maximum atomic E-state index is 11.5. The molecular formula is C9H11F6N2O5S2+. The summed E-state index contributed by atoms with van der Waals surface area (Å²) in [7, 11) is -13.2. The van der Waals surface area contributed by atoms with Crippen LogP contribution < -0.4 is 8.69 Å². The second kappa shape index (κ2) is 8.09. The van der Waals surface area contributed by atoms with Crippen LogP contribution in [0.2, 0.25) is 0 Å². The highest BCUT2D eigenvalue weighted by Crippen LogP contribution is 2.27. The lowest BCUT2D eigenvalue weighted by molar-refractivity contribution is -0.698. The predicted molar refractivity (Wildman–Crippen MR) is 66.8 cm³/mol. The van der Waals surface area contributed by atoms with Gasteiger partial charge in [0.15, 0.2) is 18.9 Å². The molecule has 0 atom stereocenters. The zero-order valence-corrected chi connectivity index (χ0v) is 13.0. The van der Waals surface area contributed by atoms with Crippen LogP contribution in [0.5, 0.6) is 0 Å². The molecule has 1 aromatic rings. The molecule has 2 N–H and O–H groups in total. The Bertz CT molecular complexity index is 673. The number of pyridine rings is 1. The van der Waals surface area contributed by atoms with Gasteiger partial charge in [-0.25, -0.2) is 21.4 Å². The third kappa shape index (κ3) is 6.98. The molecule has 1 heterocycles. The fourth-order valence-corrected chi connectivity index (χ4v) is 2.85. The van der Waals surface area contributed by atoms with Crippen LogP contribution in [0.4, 0.5) is 26.3 Å². The first-order valence-electron chi connectivity index (χ1n) is 5.60. The van der Waals surface area contributed by atoms with Gasteiger partial charge in [0.05, 0.1) is 0 Å². The Morgan fingerprint density at radius 1 is 0.833 bits per heavy atom. The summed E-state index contributed by atoms with van der Waals surface area (Å²) in [5.74, 6) is 0. The Morgan fingerprint density at radius 3 is 1.50 bits per heavy atom. The minimum absolute atomic E-state index is 0.203. The SMILES string of the molecule is O=S(=O)(NS(=O)(=O)C(F)(F)F)C(F)(F)F.OCC[n+]1ccccc1. The summed E-state index contributed by atoms with van der Waals surface area (Å²) in [6, 6.07) is 5.83. The molecule has 0 saturated heterocycles. The zero-order valence-electron chi connectivity index (χ0n) is 11.4. The number of sulfonamides is 2. The van der Waals surface area contributed by atoms with Gasteiger partial charge < -0.3 is 5.11 Å². The van der Waals surface area contributed by atoms with Crippen molar-refractivity contribution in [2.75, 3.05) is 6.61 Å². The van der Waals surface area contributed by atoms with Gasteiger partial charge in [0.25, 0.3) is 0 Å². The van der Waals surface area contributed by atoms with Crippen LogP contribution in [0.3, 0.4) is 0 Å². The van der Waals surface area contributed by atoms with E-state index in [1.807, 2.05) is 35.2 Å². The van der Waals surface area contributed by atoms with Crippen LogP contribution in [-0.4, -0.2) is 39.6 Å². The molecule has 0 bridgehead atoms. The van der Waals surface area contributed by atoms with Crippen molar-refractivity contribution >= 4 is 20.0 Å². The minimum Gasteiger partial charge on any atom is -0.390 e. The van der Waals surface area contributed by atoms with Gasteiger partial charge in [0, 0.05) is 12.1 Å². The first-order chi connectivity index (χ1) is 10.6. The van der Waals surface area contributed by atoms with Crippen LogP contribution in [-0.2, 0) is 26.6 Å². The molecule has 0 unspecified atom stereocenters. The van der Waals surface area contributed by atoms with Gasteiger partial charge in [0.1, 0.15) is 6.61 Å². The van der Waals surface area contributed by atoms with Crippen molar-refractivity contribution in [2.24, 2.45) is 0 Å². The highest BCUT2D eigenvalue weighted by Gasteiger charge is 2.55. The quantitative estimate of drug-likeness (QED) is 0.552. The Kier molecular flexibility index (Phi) is 7.60. The van der Waals surface area contributed by atoms with Crippen molar-refractivity contribution in [3.63, 3.8) is 0 Å². The van der Waals surface area contributed by atoms with E-state index in [4.69, 9.17) is 5.11 Å². The molecule has 140 valence electrons. The number of nitrogens with zero attached hydrogens (tertiary/aromatic N) is 1. The molecule has 0 aliphatic rings. The number of halogens is 6. The lowest BCUT2D eigenvalue weighted by Crippen LogP contribution is -2.45. The smallest absolute Gasteiger partial charge is 0.390 e. The van der Waals surface area contributed by atoms with Crippen molar-refractivity contribution in [1.82, 2.24) is 4.13 Å². The highest BCUT2D eigenvalue weighted by atomic mass is 32.3. The van der Waals surface area contributed by atoms with E-state index >= 15 is 0 Å². The van der Waals surface area contributed by atoms with E-state index in [0.29, 0.717) is 6.54 Å². The van der Waals surface area contributed by atoms with E-state index in [0.717, 1.165) is 0 Å². The van der Waals surface area contributed by atoms with Gasteiger partial charge in [-0.3, -0.25) is 0 Å². The molecule has 0 fully saturated rings. The lowest BCUT2D eigenvalue weighted by atomic mass is 10.5. The van der Waals surface area contributed by atoms with Gasteiger partial charge in [-0.15, -0.1) is 0 Å². The third-order valence-corrected chi connectivity index (χ3v) is 4.94. The van der Waals surface area contributed by atoms with Gasteiger partial charge >= 0.3 is 31.1 Å². The van der Waals surface area contributed by atoms with Crippen molar-refractivity contribution in [3.8, 4) is 0 Å². The normalized spacial score (nSPS) is 13.1. The van der Waals surface area contributed by atoms with Crippen molar-refractivity contribution in [3.05, 3.63) is 30.6 Å². The fraction of sp³-hybridized carbons (Fsp3) is 0.444. The molecule has 0 radical (unpaired) electrons. The van der Waals surface area contributed by atoms with Gasteiger partial charge in [-0.2, -0.15) is 26.3 Å². The molecule has 1 aromatic heterocycles. The Balaban J connectivity index is 0.000000496. The van der Waals surface area contributed by atoms with E-state index < -0.39 is 35.2 Å². The van der Waals surface area contributed by atoms with Crippen molar-refractivity contribution in [2.45, 2.75) is 17.6 Å². The van der Waals surface area contributed by atoms with Crippen molar-refractivity contribution < 1.29 is 52.9 Å². The van der Waals surface area contributed by atoms with Crippen LogP contribution >= 0.6 is 0 Å². The number of hydrogen-bond donors (Lipinski definition) is 2. The molecule has 0 aliphatic carbocycles. The standard InChI is InChI=1S/C7H10NO.C2HF6NO4S2/c9-7-6-8-4-2-1-3-5-8;3-1(4,5)14(10,11)9-15(12,13)2(6,7)8/h1-5,9H,6-7H2;9H/q+1;. The monoisotopic (exact) mass is 405 g/mol.